The molecular weight excluding hydrogens is 330 g/mol. The average molecular weight is 345 g/mol. The number of fused-ring (bicyclic) bond motifs is 1. The molecule has 1 aromatic carbocycles. The molecule has 1 aliphatic heterocycles. The molecule has 1 fully saturated rings. The van der Waals surface area contributed by atoms with E-state index in [2.05, 4.69) is 0 Å². The number of nitrogens with zero attached hydrogens (tertiary/aromatic N) is 1. The predicted molar refractivity (Wildman–Crippen MR) is 84.5 cm³/mol. The maximum Gasteiger partial charge on any atom is 0.340 e. The second kappa shape index (κ2) is 6.04. The molecule has 8 heteroatoms. The smallest absolute Gasteiger partial charge is 0.340 e. The fourth-order valence-corrected chi connectivity index (χ4v) is 2.80. The summed E-state index contributed by atoms with van der Waals surface area (Å²) in [5, 5.41) is 10.8. The molecule has 1 N–H and O–H groups in total. The number of benzene rings is 1. The fraction of sp³-hybridized carbons (Fsp3) is 0.294. The van der Waals surface area contributed by atoms with Gasteiger partial charge in [0.1, 0.15) is 11.3 Å². The highest BCUT2D eigenvalue weighted by Crippen LogP contribution is 2.30. The zero-order valence-electron chi connectivity index (χ0n) is 13.6. The van der Waals surface area contributed by atoms with E-state index in [-0.39, 0.29) is 29.7 Å². The maximum atomic E-state index is 12.2. The van der Waals surface area contributed by atoms with Gasteiger partial charge < -0.3 is 14.4 Å². The van der Waals surface area contributed by atoms with Crippen LogP contribution in [0.1, 0.15) is 29.5 Å². The third kappa shape index (κ3) is 2.98. The van der Waals surface area contributed by atoms with Crippen molar-refractivity contribution < 1.29 is 28.7 Å². The van der Waals surface area contributed by atoms with Crippen molar-refractivity contribution in [3.63, 3.8) is 0 Å². The van der Waals surface area contributed by atoms with Crippen molar-refractivity contribution in [2.24, 2.45) is 0 Å². The summed E-state index contributed by atoms with van der Waals surface area (Å²) >= 11 is 0. The quantitative estimate of drug-likeness (QED) is 0.658. The molecule has 0 atom stereocenters. The molecule has 130 valence electrons. The van der Waals surface area contributed by atoms with Gasteiger partial charge in [0.25, 0.3) is 11.8 Å². The first-order chi connectivity index (χ1) is 11.8. The Labute approximate surface area is 141 Å². The maximum absolute atomic E-state index is 12.2. The van der Waals surface area contributed by atoms with E-state index in [9.17, 15) is 24.3 Å². The molecule has 8 nitrogen and oxygen atoms in total. The van der Waals surface area contributed by atoms with Crippen LogP contribution >= 0.6 is 0 Å². The lowest BCUT2D eigenvalue weighted by molar-refractivity contribution is -0.197. The second-order valence-corrected chi connectivity index (χ2v) is 5.87. The van der Waals surface area contributed by atoms with Gasteiger partial charge in [0.05, 0.1) is 17.4 Å². The molecule has 0 unspecified atom stereocenters. The molecule has 1 aliphatic rings. The number of imide groups is 1. The lowest BCUT2D eigenvalue weighted by atomic mass is 10.0. The van der Waals surface area contributed by atoms with Gasteiger partial charge in [-0.25, -0.2) is 9.59 Å². The van der Waals surface area contributed by atoms with Crippen molar-refractivity contribution in [2.45, 2.75) is 33.1 Å². The summed E-state index contributed by atoms with van der Waals surface area (Å²) in [5.41, 5.74) is 0.550. The summed E-state index contributed by atoms with van der Waals surface area (Å²) in [6.07, 6.45) is -0.526. The van der Waals surface area contributed by atoms with E-state index in [0.29, 0.717) is 21.6 Å². The average Bonchev–Trinajstić information content (AvgIpc) is 2.82. The summed E-state index contributed by atoms with van der Waals surface area (Å²) in [7, 11) is 0. The van der Waals surface area contributed by atoms with Gasteiger partial charge in [0.15, 0.2) is 0 Å². The molecule has 3 rings (SSSR count). The van der Waals surface area contributed by atoms with Crippen molar-refractivity contribution in [3.05, 3.63) is 39.2 Å². The minimum absolute atomic E-state index is 0.00394. The van der Waals surface area contributed by atoms with E-state index in [1.807, 2.05) is 0 Å². The summed E-state index contributed by atoms with van der Waals surface area (Å²) in [5.74, 6) is -2.22. The predicted octanol–water partition coefficient (Wildman–Crippen LogP) is 1.27. The molecule has 0 spiro atoms. The number of carbonyl (C=O) groups excluding carboxylic acids is 3. The number of carbonyl (C=O) groups is 3. The van der Waals surface area contributed by atoms with Crippen LogP contribution in [-0.2, 0) is 25.6 Å². The lowest BCUT2D eigenvalue weighted by Gasteiger charge is -2.13. The third-order valence-corrected chi connectivity index (χ3v) is 4.02. The molecule has 25 heavy (non-hydrogen) atoms. The van der Waals surface area contributed by atoms with Gasteiger partial charge in [0.2, 0.25) is 0 Å². The monoisotopic (exact) mass is 345 g/mol. The zero-order valence-corrected chi connectivity index (χ0v) is 13.6. The lowest BCUT2D eigenvalue weighted by Crippen LogP contribution is -2.33. The van der Waals surface area contributed by atoms with Crippen molar-refractivity contribution in [1.29, 1.82) is 0 Å². The van der Waals surface area contributed by atoms with Gasteiger partial charge in [-0.05, 0) is 37.1 Å². The number of hydrogen-bond acceptors (Lipinski definition) is 7. The molecule has 0 aliphatic carbocycles. The number of hydrogen-bond donors (Lipinski definition) is 1. The molecule has 2 amide bonds. The molecule has 0 bridgehead atoms. The second-order valence-electron chi connectivity index (χ2n) is 5.87. The van der Waals surface area contributed by atoms with Gasteiger partial charge in [-0.1, -0.05) is 0 Å². The Balaban J connectivity index is 1.94. The Hall–Kier alpha value is -3.16. The van der Waals surface area contributed by atoms with Crippen LogP contribution in [0.15, 0.2) is 21.3 Å². The molecule has 0 saturated carbocycles. The Morgan fingerprint density at radius 3 is 2.48 bits per heavy atom. The largest absolute Gasteiger partial charge is 0.507 e. The van der Waals surface area contributed by atoms with Gasteiger partial charge in [0, 0.05) is 12.8 Å². The highest BCUT2D eigenvalue weighted by molar-refractivity contribution is 6.01. The van der Waals surface area contributed by atoms with Gasteiger partial charge in [-0.2, -0.15) is 0 Å². The number of aromatic hydroxyl groups is 1. The normalized spacial score (nSPS) is 14.4. The zero-order chi connectivity index (χ0) is 18.3. The number of hydroxylamine groups is 2. The minimum atomic E-state index is -0.940. The molecule has 2 heterocycles. The topological polar surface area (TPSA) is 114 Å². The molecule has 1 saturated heterocycles. The van der Waals surface area contributed by atoms with Crippen LogP contribution in [0.3, 0.4) is 0 Å². The molecule has 0 radical (unpaired) electrons. The summed E-state index contributed by atoms with van der Waals surface area (Å²) in [6, 6.07) is 3.12. The highest BCUT2D eigenvalue weighted by atomic mass is 16.7. The molecule has 2 aromatic rings. The molecule has 1 aromatic heterocycles. The van der Waals surface area contributed by atoms with Crippen LogP contribution in [0.5, 0.6) is 5.75 Å². The van der Waals surface area contributed by atoms with E-state index >= 15 is 0 Å². The van der Waals surface area contributed by atoms with Crippen molar-refractivity contribution in [3.8, 4) is 5.75 Å². The van der Waals surface area contributed by atoms with Gasteiger partial charge in [-0.3, -0.25) is 9.59 Å². The minimum Gasteiger partial charge on any atom is -0.507 e. The number of phenols is 1. The highest BCUT2D eigenvalue weighted by Gasteiger charge is 2.33. The third-order valence-electron chi connectivity index (χ3n) is 4.02. The van der Waals surface area contributed by atoms with E-state index in [1.54, 1.807) is 19.9 Å². The van der Waals surface area contributed by atoms with Crippen LogP contribution in [0.25, 0.3) is 11.0 Å². The number of rotatable bonds is 3. The summed E-state index contributed by atoms with van der Waals surface area (Å²) < 4.78 is 5.18. The number of aryl methyl sites for hydroxylation is 2. The van der Waals surface area contributed by atoms with Crippen LogP contribution < -0.4 is 5.63 Å². The number of amides is 2. The van der Waals surface area contributed by atoms with E-state index in [4.69, 9.17) is 9.25 Å². The summed E-state index contributed by atoms with van der Waals surface area (Å²) in [6.45, 7) is 3.31. The van der Waals surface area contributed by atoms with Crippen LogP contribution in [-0.4, -0.2) is 28.0 Å². The van der Waals surface area contributed by atoms with Crippen LogP contribution in [0.2, 0.25) is 0 Å². The Bertz CT molecular complexity index is 957. The first-order valence-corrected chi connectivity index (χ1v) is 7.60. The fourth-order valence-electron chi connectivity index (χ4n) is 2.80. The summed E-state index contributed by atoms with van der Waals surface area (Å²) in [4.78, 5) is 51.9. The first-order valence-electron chi connectivity index (χ1n) is 7.60. The van der Waals surface area contributed by atoms with E-state index in [0.717, 1.165) is 0 Å². The Morgan fingerprint density at radius 1 is 1.20 bits per heavy atom. The van der Waals surface area contributed by atoms with Gasteiger partial charge in [-0.15, -0.1) is 5.06 Å². The Morgan fingerprint density at radius 2 is 1.84 bits per heavy atom. The van der Waals surface area contributed by atoms with E-state index < -0.39 is 29.8 Å². The Kier molecular flexibility index (Phi) is 4.03. The number of phenolic OH excluding ortho intramolecular Hbond substituents is 1. The standard InChI is InChI=1S/C17H15NO7/c1-8-5-11(19)16-9(2)10(17(23)24-12(16)6-8)7-15(22)25-18-13(20)3-4-14(18)21/h5-6,19H,3-4,7H2,1-2H3. The van der Waals surface area contributed by atoms with E-state index in [1.165, 1.54) is 6.07 Å². The van der Waals surface area contributed by atoms with Gasteiger partial charge >= 0.3 is 11.6 Å². The first kappa shape index (κ1) is 16.7. The molecular formula is C17H15NO7. The van der Waals surface area contributed by atoms with Crippen LogP contribution in [0.4, 0.5) is 0 Å². The SMILES string of the molecule is Cc1cc(O)c2c(C)c(CC(=O)ON3C(=O)CCC3=O)c(=O)oc2c1. The van der Waals surface area contributed by atoms with Crippen LogP contribution in [0, 0.1) is 13.8 Å². The van der Waals surface area contributed by atoms with Crippen molar-refractivity contribution in [2.75, 3.05) is 0 Å². The van der Waals surface area contributed by atoms with Crippen molar-refractivity contribution in [1.82, 2.24) is 5.06 Å². The van der Waals surface area contributed by atoms with Crippen molar-refractivity contribution >= 4 is 28.8 Å².